The highest BCUT2D eigenvalue weighted by atomic mass is 16.5. The first-order valence-corrected chi connectivity index (χ1v) is 6.58. The van der Waals surface area contributed by atoms with Gasteiger partial charge in [0.1, 0.15) is 0 Å². The van der Waals surface area contributed by atoms with Crippen LogP contribution in [0.1, 0.15) is 18.9 Å². The number of hydrogen-bond donors (Lipinski definition) is 1. The lowest BCUT2D eigenvalue weighted by atomic mass is 9.90. The Hall–Kier alpha value is -0.910. The predicted molar refractivity (Wildman–Crippen MR) is 71.2 cm³/mol. The van der Waals surface area contributed by atoms with Gasteiger partial charge in [0.25, 0.3) is 0 Å². The number of methoxy groups -OCH3 is 1. The van der Waals surface area contributed by atoms with E-state index in [1.165, 1.54) is 12.0 Å². The third kappa shape index (κ3) is 3.31. The molecule has 2 rings (SSSR count). The van der Waals surface area contributed by atoms with Crippen molar-refractivity contribution in [2.45, 2.75) is 26.4 Å². The van der Waals surface area contributed by atoms with Crippen LogP contribution in [0.25, 0.3) is 0 Å². The lowest BCUT2D eigenvalue weighted by molar-refractivity contribution is 0.183. The largest absolute Gasteiger partial charge is 0.383 e. The van der Waals surface area contributed by atoms with Crippen molar-refractivity contribution in [3.05, 3.63) is 18.0 Å². The van der Waals surface area contributed by atoms with Crippen LogP contribution >= 0.6 is 0 Å². The Bertz CT molecular complexity index is 379. The Morgan fingerprint density at radius 3 is 3.06 bits per heavy atom. The van der Waals surface area contributed by atoms with E-state index >= 15 is 0 Å². The summed E-state index contributed by atoms with van der Waals surface area (Å²) in [5, 5.41) is 4.34. The molecule has 2 heterocycles. The van der Waals surface area contributed by atoms with Crippen molar-refractivity contribution in [2.24, 2.45) is 11.1 Å². The van der Waals surface area contributed by atoms with E-state index < -0.39 is 0 Å². The molecule has 1 aliphatic rings. The van der Waals surface area contributed by atoms with Crippen molar-refractivity contribution < 1.29 is 4.74 Å². The number of ether oxygens (including phenoxy) is 1. The van der Waals surface area contributed by atoms with Crippen LogP contribution in [0.3, 0.4) is 0 Å². The van der Waals surface area contributed by atoms with E-state index in [0.717, 1.165) is 32.7 Å². The quantitative estimate of drug-likeness (QED) is 0.810. The number of nitrogens with zero attached hydrogens (tertiary/aromatic N) is 3. The van der Waals surface area contributed by atoms with E-state index in [9.17, 15) is 0 Å². The van der Waals surface area contributed by atoms with Crippen molar-refractivity contribution in [3.63, 3.8) is 0 Å². The summed E-state index contributed by atoms with van der Waals surface area (Å²) in [6.45, 7) is 7.77. The van der Waals surface area contributed by atoms with Crippen molar-refractivity contribution >= 4 is 0 Å². The van der Waals surface area contributed by atoms with E-state index in [4.69, 9.17) is 10.5 Å². The summed E-state index contributed by atoms with van der Waals surface area (Å²) in [4.78, 5) is 2.46. The van der Waals surface area contributed by atoms with Crippen molar-refractivity contribution in [2.75, 3.05) is 33.4 Å². The van der Waals surface area contributed by atoms with Crippen LogP contribution in [0.15, 0.2) is 12.4 Å². The molecular formula is C13H24N4O. The lowest BCUT2D eigenvalue weighted by Gasteiger charge is -2.22. The first kappa shape index (κ1) is 13.5. The normalized spacial score (nSPS) is 24.8. The van der Waals surface area contributed by atoms with Crippen LogP contribution in [0.4, 0.5) is 0 Å². The molecule has 5 nitrogen and oxygen atoms in total. The fourth-order valence-electron chi connectivity index (χ4n) is 2.48. The highest BCUT2D eigenvalue weighted by Gasteiger charge is 2.32. The van der Waals surface area contributed by atoms with Crippen LogP contribution in [0, 0.1) is 5.41 Å². The number of nitrogens with two attached hydrogens (primary N) is 1. The number of hydrogen-bond acceptors (Lipinski definition) is 4. The zero-order chi connectivity index (χ0) is 13.0. The molecule has 0 bridgehead atoms. The molecule has 0 aliphatic carbocycles. The zero-order valence-electron chi connectivity index (χ0n) is 11.4. The van der Waals surface area contributed by atoms with Gasteiger partial charge in [0.15, 0.2) is 0 Å². The molecule has 5 heteroatoms. The second-order valence-electron chi connectivity index (χ2n) is 5.58. The topological polar surface area (TPSA) is 56.3 Å². The molecule has 1 unspecified atom stereocenters. The van der Waals surface area contributed by atoms with Crippen LogP contribution < -0.4 is 5.73 Å². The summed E-state index contributed by atoms with van der Waals surface area (Å²) < 4.78 is 6.99. The van der Waals surface area contributed by atoms with Crippen LogP contribution in [-0.4, -0.2) is 48.0 Å². The molecule has 0 saturated carbocycles. The molecule has 1 aliphatic heterocycles. The SMILES string of the molecule is COCCn1cc(CN2CCC(C)(CN)C2)cn1. The first-order chi connectivity index (χ1) is 8.65. The minimum atomic E-state index is 0.298. The van der Waals surface area contributed by atoms with E-state index in [1.54, 1.807) is 7.11 Å². The van der Waals surface area contributed by atoms with Gasteiger partial charge in [-0.25, -0.2) is 0 Å². The predicted octanol–water partition coefficient (Wildman–Crippen LogP) is 0.700. The van der Waals surface area contributed by atoms with Gasteiger partial charge < -0.3 is 10.5 Å². The zero-order valence-corrected chi connectivity index (χ0v) is 11.4. The number of likely N-dealkylation sites (tertiary alicyclic amines) is 1. The smallest absolute Gasteiger partial charge is 0.0658 e. The summed E-state index contributed by atoms with van der Waals surface area (Å²) in [6, 6.07) is 0. The van der Waals surface area contributed by atoms with Crippen molar-refractivity contribution in [1.29, 1.82) is 0 Å². The number of rotatable bonds is 6. The molecule has 0 amide bonds. The van der Waals surface area contributed by atoms with E-state index in [2.05, 4.69) is 23.1 Å². The van der Waals surface area contributed by atoms with Crippen molar-refractivity contribution in [3.8, 4) is 0 Å². The Kier molecular flexibility index (Phi) is 4.37. The summed E-state index contributed by atoms with van der Waals surface area (Å²) in [5.41, 5.74) is 7.39. The fourth-order valence-corrected chi connectivity index (χ4v) is 2.48. The minimum absolute atomic E-state index is 0.298. The van der Waals surface area contributed by atoms with Crippen LogP contribution in [0.5, 0.6) is 0 Å². The van der Waals surface area contributed by atoms with Gasteiger partial charge in [0.05, 0.1) is 19.3 Å². The maximum absolute atomic E-state index is 5.83. The molecule has 1 aromatic rings. The van der Waals surface area contributed by atoms with Gasteiger partial charge in [-0.3, -0.25) is 9.58 Å². The Morgan fingerprint density at radius 1 is 1.56 bits per heavy atom. The minimum Gasteiger partial charge on any atom is -0.383 e. The molecule has 1 atom stereocenters. The molecule has 0 aromatic carbocycles. The average Bonchev–Trinajstić information content (AvgIpc) is 2.95. The van der Waals surface area contributed by atoms with Gasteiger partial charge in [-0.15, -0.1) is 0 Å². The van der Waals surface area contributed by atoms with Gasteiger partial charge in [0.2, 0.25) is 0 Å². The molecule has 18 heavy (non-hydrogen) atoms. The van der Waals surface area contributed by atoms with Gasteiger partial charge in [0, 0.05) is 32.0 Å². The summed E-state index contributed by atoms with van der Waals surface area (Å²) in [6.07, 6.45) is 5.26. The monoisotopic (exact) mass is 252 g/mol. The summed E-state index contributed by atoms with van der Waals surface area (Å²) in [7, 11) is 1.71. The molecule has 102 valence electrons. The van der Waals surface area contributed by atoms with Gasteiger partial charge in [-0.05, 0) is 24.9 Å². The van der Waals surface area contributed by atoms with E-state index in [-0.39, 0.29) is 0 Å². The standard InChI is InChI=1S/C13H24N4O/c1-13(10-14)3-4-16(11-13)8-12-7-15-17(9-12)5-6-18-2/h7,9H,3-6,8,10-11,14H2,1-2H3. The summed E-state index contributed by atoms with van der Waals surface area (Å²) in [5.74, 6) is 0. The van der Waals surface area contributed by atoms with Gasteiger partial charge >= 0.3 is 0 Å². The van der Waals surface area contributed by atoms with Crippen molar-refractivity contribution in [1.82, 2.24) is 14.7 Å². The second kappa shape index (κ2) is 5.82. The Labute approximate surface area is 109 Å². The molecule has 0 radical (unpaired) electrons. The van der Waals surface area contributed by atoms with E-state index in [0.29, 0.717) is 12.0 Å². The molecule has 1 saturated heterocycles. The van der Waals surface area contributed by atoms with Gasteiger partial charge in [-0.1, -0.05) is 6.92 Å². The van der Waals surface area contributed by atoms with Gasteiger partial charge in [-0.2, -0.15) is 5.10 Å². The Morgan fingerprint density at radius 2 is 2.39 bits per heavy atom. The average molecular weight is 252 g/mol. The maximum Gasteiger partial charge on any atom is 0.0658 e. The molecule has 1 aromatic heterocycles. The lowest BCUT2D eigenvalue weighted by Crippen LogP contribution is -2.31. The molecule has 0 spiro atoms. The summed E-state index contributed by atoms with van der Waals surface area (Å²) >= 11 is 0. The highest BCUT2D eigenvalue weighted by molar-refractivity contribution is 5.05. The highest BCUT2D eigenvalue weighted by Crippen LogP contribution is 2.29. The van der Waals surface area contributed by atoms with Crippen LogP contribution in [-0.2, 0) is 17.8 Å². The third-order valence-corrected chi connectivity index (χ3v) is 3.75. The van der Waals surface area contributed by atoms with E-state index in [1.807, 2.05) is 10.9 Å². The van der Waals surface area contributed by atoms with Crippen LogP contribution in [0.2, 0.25) is 0 Å². The maximum atomic E-state index is 5.83. The molecule has 2 N–H and O–H groups in total. The molecular weight excluding hydrogens is 228 g/mol. The molecule has 1 fully saturated rings. The first-order valence-electron chi connectivity index (χ1n) is 6.58. The fraction of sp³-hybridized carbons (Fsp3) is 0.769. The second-order valence-corrected chi connectivity index (χ2v) is 5.58. The number of aromatic nitrogens is 2. The Balaban J connectivity index is 1.85. The third-order valence-electron chi connectivity index (χ3n) is 3.75.